The molecule has 4 nitrogen and oxygen atoms in total. The van der Waals surface area contributed by atoms with Crippen molar-refractivity contribution in [1.82, 2.24) is 10.3 Å². The smallest absolute Gasteiger partial charge is 0.253 e. The Bertz CT molecular complexity index is 940. The second kappa shape index (κ2) is 6.71. The lowest BCUT2D eigenvalue weighted by Crippen LogP contribution is -2.27. The second-order valence-corrected chi connectivity index (χ2v) is 6.15. The number of nitrogens with one attached hydrogen (secondary N) is 2. The number of carbonyl (C=O) groups is 1. The average molecular weight is 320 g/mol. The highest BCUT2D eigenvalue weighted by molar-refractivity contribution is 5.80. The minimum absolute atomic E-state index is 0.0948. The van der Waals surface area contributed by atoms with Crippen LogP contribution in [0.2, 0.25) is 0 Å². The summed E-state index contributed by atoms with van der Waals surface area (Å²) in [6, 6.07) is 15.6. The van der Waals surface area contributed by atoms with Gasteiger partial charge >= 0.3 is 0 Å². The first kappa shape index (κ1) is 16.0. The average Bonchev–Trinajstić information content (AvgIpc) is 2.55. The van der Waals surface area contributed by atoms with Crippen LogP contribution >= 0.6 is 0 Å². The quantitative estimate of drug-likeness (QED) is 0.776. The van der Waals surface area contributed by atoms with Gasteiger partial charge in [0.05, 0.1) is 6.42 Å². The number of aromatic nitrogens is 1. The molecule has 0 unspecified atom stereocenters. The molecule has 3 aromatic rings. The van der Waals surface area contributed by atoms with Gasteiger partial charge in [-0.05, 0) is 43.0 Å². The number of fused-ring (bicyclic) bond motifs is 1. The zero-order valence-corrected chi connectivity index (χ0v) is 13.8. The number of aromatic amines is 1. The summed E-state index contributed by atoms with van der Waals surface area (Å²) in [6.07, 6.45) is 0.310. The summed E-state index contributed by atoms with van der Waals surface area (Å²) in [7, 11) is 0. The summed E-state index contributed by atoms with van der Waals surface area (Å²) in [5.74, 6) is -0.0948. The molecule has 3 rings (SSSR count). The molecule has 0 aliphatic heterocycles. The standard InChI is InChI=1S/C20H20N2O2/c1-13-3-6-15(7-4-13)10-19(23)21-12-17-11-16-9-14(2)5-8-18(16)22-20(17)24/h3-9,11H,10,12H2,1-2H3,(H,21,23)(H,22,24). The minimum Gasteiger partial charge on any atom is -0.352 e. The highest BCUT2D eigenvalue weighted by Crippen LogP contribution is 2.13. The van der Waals surface area contributed by atoms with Crippen molar-refractivity contribution in [2.45, 2.75) is 26.8 Å². The molecule has 0 bridgehead atoms. The Morgan fingerprint density at radius 3 is 2.46 bits per heavy atom. The summed E-state index contributed by atoms with van der Waals surface area (Å²) < 4.78 is 0. The van der Waals surface area contributed by atoms with Gasteiger partial charge < -0.3 is 10.3 Å². The van der Waals surface area contributed by atoms with Gasteiger partial charge in [-0.3, -0.25) is 9.59 Å². The third-order valence-corrected chi connectivity index (χ3v) is 4.04. The summed E-state index contributed by atoms with van der Waals surface area (Å²) >= 11 is 0. The van der Waals surface area contributed by atoms with E-state index in [4.69, 9.17) is 0 Å². The highest BCUT2D eigenvalue weighted by Gasteiger charge is 2.07. The van der Waals surface area contributed by atoms with Crippen molar-refractivity contribution in [3.05, 3.63) is 81.1 Å². The Morgan fingerprint density at radius 2 is 1.71 bits per heavy atom. The van der Waals surface area contributed by atoms with E-state index in [1.54, 1.807) is 0 Å². The first-order chi connectivity index (χ1) is 11.5. The maximum Gasteiger partial charge on any atom is 0.253 e. The van der Waals surface area contributed by atoms with Crippen LogP contribution < -0.4 is 10.9 Å². The number of hydrogen-bond donors (Lipinski definition) is 2. The number of amides is 1. The van der Waals surface area contributed by atoms with Crippen molar-refractivity contribution in [2.75, 3.05) is 0 Å². The number of aryl methyl sites for hydroxylation is 2. The maximum absolute atomic E-state index is 12.1. The van der Waals surface area contributed by atoms with E-state index in [1.165, 1.54) is 0 Å². The molecule has 1 amide bonds. The van der Waals surface area contributed by atoms with Crippen LogP contribution in [0.3, 0.4) is 0 Å². The zero-order chi connectivity index (χ0) is 17.1. The van der Waals surface area contributed by atoms with Crippen LogP contribution in [-0.2, 0) is 17.8 Å². The maximum atomic E-state index is 12.1. The predicted molar refractivity (Wildman–Crippen MR) is 96.0 cm³/mol. The van der Waals surface area contributed by atoms with Crippen molar-refractivity contribution < 1.29 is 4.79 Å². The van der Waals surface area contributed by atoms with Gasteiger partial charge in [0.25, 0.3) is 5.56 Å². The van der Waals surface area contributed by atoms with Gasteiger partial charge in [-0.25, -0.2) is 0 Å². The lowest BCUT2D eigenvalue weighted by Gasteiger charge is -2.07. The SMILES string of the molecule is Cc1ccc(CC(=O)NCc2cc3cc(C)ccc3[nH]c2=O)cc1. The molecule has 1 aromatic heterocycles. The Kier molecular flexibility index (Phi) is 4.47. The minimum atomic E-state index is -0.165. The Balaban J connectivity index is 1.70. The molecule has 0 radical (unpaired) electrons. The Labute approximate surface area is 140 Å². The number of H-pyrrole nitrogens is 1. The summed E-state index contributed by atoms with van der Waals surface area (Å²) in [4.78, 5) is 27.1. The third-order valence-electron chi connectivity index (χ3n) is 4.04. The van der Waals surface area contributed by atoms with Crippen LogP contribution in [-0.4, -0.2) is 10.9 Å². The predicted octanol–water partition coefficient (Wildman–Crippen LogP) is 3.00. The monoisotopic (exact) mass is 320 g/mol. The van der Waals surface area contributed by atoms with E-state index in [9.17, 15) is 9.59 Å². The molecule has 2 N–H and O–H groups in total. The number of rotatable bonds is 4. The molecule has 1 heterocycles. The van der Waals surface area contributed by atoms with Crippen LogP contribution in [0.15, 0.2) is 53.3 Å². The van der Waals surface area contributed by atoms with E-state index in [0.29, 0.717) is 12.0 Å². The fraction of sp³-hybridized carbons (Fsp3) is 0.200. The van der Waals surface area contributed by atoms with E-state index < -0.39 is 0 Å². The summed E-state index contributed by atoms with van der Waals surface area (Å²) in [5, 5.41) is 3.79. The van der Waals surface area contributed by atoms with E-state index in [0.717, 1.165) is 27.6 Å². The number of hydrogen-bond acceptors (Lipinski definition) is 2. The van der Waals surface area contributed by atoms with E-state index in [1.807, 2.05) is 62.4 Å². The van der Waals surface area contributed by atoms with Crippen LogP contribution in [0.25, 0.3) is 10.9 Å². The fourth-order valence-corrected chi connectivity index (χ4v) is 2.65. The molecule has 0 fully saturated rings. The first-order valence-corrected chi connectivity index (χ1v) is 7.96. The van der Waals surface area contributed by atoms with E-state index in [-0.39, 0.29) is 18.0 Å². The van der Waals surface area contributed by atoms with Crippen molar-refractivity contribution >= 4 is 16.8 Å². The largest absolute Gasteiger partial charge is 0.352 e. The molecular weight excluding hydrogens is 300 g/mol. The molecule has 2 aromatic carbocycles. The normalized spacial score (nSPS) is 10.8. The van der Waals surface area contributed by atoms with Crippen molar-refractivity contribution in [3.8, 4) is 0 Å². The van der Waals surface area contributed by atoms with Gasteiger partial charge in [-0.15, -0.1) is 0 Å². The molecule has 0 aliphatic rings. The van der Waals surface area contributed by atoms with Crippen LogP contribution in [0.4, 0.5) is 0 Å². The lowest BCUT2D eigenvalue weighted by molar-refractivity contribution is -0.120. The van der Waals surface area contributed by atoms with Crippen LogP contribution in [0, 0.1) is 13.8 Å². The Hall–Kier alpha value is -2.88. The lowest BCUT2D eigenvalue weighted by atomic mass is 10.1. The van der Waals surface area contributed by atoms with Crippen LogP contribution in [0.1, 0.15) is 22.3 Å². The molecule has 0 saturated carbocycles. The molecular formula is C20H20N2O2. The summed E-state index contributed by atoms with van der Waals surface area (Å²) in [5.41, 5.74) is 4.45. The van der Waals surface area contributed by atoms with E-state index >= 15 is 0 Å². The van der Waals surface area contributed by atoms with Gasteiger partial charge in [0.2, 0.25) is 5.91 Å². The fourth-order valence-electron chi connectivity index (χ4n) is 2.65. The van der Waals surface area contributed by atoms with Gasteiger partial charge in [0.1, 0.15) is 0 Å². The molecule has 24 heavy (non-hydrogen) atoms. The van der Waals surface area contributed by atoms with Gasteiger partial charge in [0, 0.05) is 17.6 Å². The molecule has 0 aliphatic carbocycles. The molecule has 4 heteroatoms. The third kappa shape index (κ3) is 3.71. The zero-order valence-electron chi connectivity index (χ0n) is 13.8. The Morgan fingerprint density at radius 1 is 1.00 bits per heavy atom. The van der Waals surface area contributed by atoms with Gasteiger partial charge in [0.15, 0.2) is 0 Å². The molecule has 0 spiro atoms. The number of carbonyl (C=O) groups excluding carboxylic acids is 1. The van der Waals surface area contributed by atoms with Crippen LogP contribution in [0.5, 0.6) is 0 Å². The number of pyridine rings is 1. The first-order valence-electron chi connectivity index (χ1n) is 7.96. The molecule has 122 valence electrons. The van der Waals surface area contributed by atoms with Crippen molar-refractivity contribution in [3.63, 3.8) is 0 Å². The molecule has 0 saturated heterocycles. The highest BCUT2D eigenvalue weighted by atomic mass is 16.1. The summed E-state index contributed by atoms with van der Waals surface area (Å²) in [6.45, 7) is 4.25. The van der Waals surface area contributed by atoms with Crippen molar-refractivity contribution in [1.29, 1.82) is 0 Å². The topological polar surface area (TPSA) is 62.0 Å². The van der Waals surface area contributed by atoms with Crippen molar-refractivity contribution in [2.24, 2.45) is 0 Å². The van der Waals surface area contributed by atoms with E-state index in [2.05, 4.69) is 10.3 Å². The second-order valence-electron chi connectivity index (χ2n) is 6.15. The molecule has 0 atom stereocenters. The van der Waals surface area contributed by atoms with Gasteiger partial charge in [-0.2, -0.15) is 0 Å². The number of benzene rings is 2. The van der Waals surface area contributed by atoms with Gasteiger partial charge in [-0.1, -0.05) is 41.5 Å².